The van der Waals surface area contributed by atoms with E-state index >= 15 is 0 Å². The molecule has 10 heteroatoms. The van der Waals surface area contributed by atoms with Gasteiger partial charge in [-0.3, -0.25) is 14.4 Å². The minimum Gasteiger partial charge on any atom is -0.467 e. The fourth-order valence-electron chi connectivity index (χ4n) is 13.1. The number of hydrogen-bond donors (Lipinski definition) is 2. The zero-order chi connectivity index (χ0) is 37.2. The van der Waals surface area contributed by atoms with E-state index in [0.717, 1.165) is 63.4 Å². The lowest BCUT2D eigenvalue weighted by atomic mass is 9.32. The molecule has 0 spiro atoms. The number of esters is 3. The predicted molar refractivity (Wildman–Crippen MR) is 188 cm³/mol. The second kappa shape index (κ2) is 13.3. The summed E-state index contributed by atoms with van der Waals surface area (Å²) in [5.41, 5.74) is -0.804. The van der Waals surface area contributed by atoms with Crippen LogP contribution in [0.3, 0.4) is 0 Å². The van der Waals surface area contributed by atoms with Gasteiger partial charge in [0.05, 0.1) is 25.0 Å². The summed E-state index contributed by atoms with van der Waals surface area (Å²) in [6, 6.07) is -1.55. The van der Waals surface area contributed by atoms with Crippen LogP contribution in [-0.4, -0.2) is 62.1 Å². The van der Waals surface area contributed by atoms with Gasteiger partial charge in [-0.05, 0) is 138 Å². The Kier molecular flexibility index (Phi) is 10.2. The van der Waals surface area contributed by atoms with Crippen LogP contribution in [-0.2, 0) is 38.2 Å². The average molecular weight is 699 g/mol. The molecule has 10 nitrogen and oxygen atoms in total. The molecule has 0 unspecified atom stereocenters. The molecule has 0 radical (unpaired) electrons. The number of carbonyl (C=O) groups excluding carboxylic acids is 5. The highest BCUT2D eigenvalue weighted by Crippen LogP contribution is 2.77. The summed E-state index contributed by atoms with van der Waals surface area (Å²) in [6.07, 6.45) is 7.84. The summed E-state index contributed by atoms with van der Waals surface area (Å²) in [4.78, 5) is 65.8. The lowest BCUT2D eigenvalue weighted by Gasteiger charge is -2.72. The molecule has 0 aliphatic heterocycles. The largest absolute Gasteiger partial charge is 0.467 e. The number of hydrogen-bond acceptors (Lipinski definition) is 8. The first-order valence-corrected chi connectivity index (χ1v) is 18.9. The fourth-order valence-corrected chi connectivity index (χ4v) is 13.1. The lowest BCUT2D eigenvalue weighted by molar-refractivity contribution is -0.248. The van der Waals surface area contributed by atoms with Crippen LogP contribution in [0.15, 0.2) is 12.2 Å². The minimum atomic E-state index is -1.04. The van der Waals surface area contributed by atoms with E-state index in [9.17, 15) is 24.0 Å². The average Bonchev–Trinajstić information content (AvgIpc) is 3.46. The van der Waals surface area contributed by atoms with Crippen LogP contribution in [0.2, 0.25) is 0 Å². The Bertz CT molecular complexity index is 1430. The van der Waals surface area contributed by atoms with Gasteiger partial charge in [-0.25, -0.2) is 9.59 Å². The summed E-state index contributed by atoms with van der Waals surface area (Å²) >= 11 is 0. The second-order valence-electron chi connectivity index (χ2n) is 17.7. The molecule has 5 aliphatic rings. The molecule has 5 saturated carbocycles. The standard InChI is InChI=1S/C40H62N2O8/c1-22(2)26-14-19-40(35(47)42-24(4)33(45)49-11)21-20-37(7)27(31(26)40)12-13-28-36(6)17-16-30(50-25(5)43)39(9,29(36)15-18-38(28,37)8)34(46)41-23(3)32(44)48-10/h23-24,26-31H,1,12-21H2,2-11H3,(H,41,46)(H,42,47)/t23-,24-,26-,27+,28+,29+,30+,31+,36+,37+,38+,39-,40-/m0/s1. The molecule has 0 heterocycles. The Balaban J connectivity index is 1.51. The number of methoxy groups -OCH3 is 2. The molecule has 280 valence electrons. The minimum absolute atomic E-state index is 0.0269. The van der Waals surface area contributed by atoms with Crippen molar-refractivity contribution < 1.29 is 38.2 Å². The Hall–Kier alpha value is -2.91. The van der Waals surface area contributed by atoms with Crippen LogP contribution < -0.4 is 10.6 Å². The van der Waals surface area contributed by atoms with Crippen LogP contribution >= 0.6 is 0 Å². The third-order valence-corrected chi connectivity index (χ3v) is 15.7. The van der Waals surface area contributed by atoms with Crippen molar-refractivity contribution in [3.8, 4) is 0 Å². The van der Waals surface area contributed by atoms with Crippen molar-refractivity contribution in [1.29, 1.82) is 0 Å². The van der Waals surface area contributed by atoms with Crippen LogP contribution in [0.5, 0.6) is 0 Å². The van der Waals surface area contributed by atoms with Crippen LogP contribution in [0.1, 0.15) is 120 Å². The Morgan fingerprint density at radius 2 is 1.30 bits per heavy atom. The quantitative estimate of drug-likeness (QED) is 0.181. The van der Waals surface area contributed by atoms with E-state index in [1.807, 2.05) is 6.92 Å². The van der Waals surface area contributed by atoms with Gasteiger partial charge in [0, 0.05) is 6.92 Å². The first kappa shape index (κ1) is 38.3. The molecule has 2 N–H and O–H groups in total. The van der Waals surface area contributed by atoms with E-state index in [0.29, 0.717) is 18.3 Å². The van der Waals surface area contributed by atoms with Gasteiger partial charge < -0.3 is 24.8 Å². The number of rotatable bonds is 8. The molecule has 2 amide bonds. The molecular formula is C40H62N2O8. The SMILES string of the molecule is C=C(C)[C@@H]1CC[C@]2(C(=O)N[C@@H](C)C(=O)OC)CC[C@]3(C)[C@H](CC[C@@H]4[C@@]5(C)CC[C@@H](OC(C)=O)[C@@](C)(C(=O)N[C@@H](C)C(=O)OC)[C@@H]5CC[C@]43C)[C@@H]12. The monoisotopic (exact) mass is 698 g/mol. The highest BCUT2D eigenvalue weighted by Gasteiger charge is 2.73. The van der Waals surface area contributed by atoms with E-state index in [1.165, 1.54) is 21.1 Å². The molecule has 50 heavy (non-hydrogen) atoms. The van der Waals surface area contributed by atoms with Crippen molar-refractivity contribution in [3.63, 3.8) is 0 Å². The van der Waals surface area contributed by atoms with Crippen molar-refractivity contribution in [1.82, 2.24) is 10.6 Å². The molecular weight excluding hydrogens is 636 g/mol. The van der Waals surface area contributed by atoms with E-state index in [4.69, 9.17) is 14.2 Å². The van der Waals surface area contributed by atoms with Gasteiger partial charge in [-0.15, -0.1) is 0 Å². The van der Waals surface area contributed by atoms with E-state index in [1.54, 1.807) is 13.8 Å². The summed E-state index contributed by atoms with van der Waals surface area (Å²) in [5.74, 6) is -0.774. The van der Waals surface area contributed by atoms with Gasteiger partial charge in [0.25, 0.3) is 0 Å². The fraction of sp³-hybridized carbons (Fsp3) is 0.825. The van der Waals surface area contributed by atoms with Gasteiger partial charge in [0.2, 0.25) is 11.8 Å². The molecule has 0 aromatic rings. The number of amides is 2. The molecule has 13 atom stereocenters. The lowest BCUT2D eigenvalue weighted by Crippen LogP contribution is -2.69. The van der Waals surface area contributed by atoms with Crippen molar-refractivity contribution in [2.45, 2.75) is 138 Å². The maximum absolute atomic E-state index is 14.3. The van der Waals surface area contributed by atoms with Crippen LogP contribution in [0, 0.1) is 56.7 Å². The van der Waals surface area contributed by atoms with Crippen molar-refractivity contribution in [3.05, 3.63) is 12.2 Å². The van der Waals surface area contributed by atoms with Gasteiger partial charge in [0.1, 0.15) is 18.2 Å². The zero-order valence-corrected chi connectivity index (χ0v) is 32.2. The Labute approximate surface area is 299 Å². The van der Waals surface area contributed by atoms with E-state index < -0.39 is 46.9 Å². The Morgan fingerprint density at radius 3 is 1.86 bits per heavy atom. The zero-order valence-electron chi connectivity index (χ0n) is 32.2. The maximum Gasteiger partial charge on any atom is 0.328 e. The molecule has 5 rings (SSSR count). The van der Waals surface area contributed by atoms with E-state index in [-0.39, 0.29) is 45.8 Å². The molecule has 0 aromatic carbocycles. The third kappa shape index (κ3) is 5.51. The number of carbonyl (C=O) groups is 5. The second-order valence-corrected chi connectivity index (χ2v) is 17.7. The normalized spacial score (nSPS) is 42.9. The number of fused-ring (bicyclic) bond motifs is 7. The van der Waals surface area contributed by atoms with Crippen molar-refractivity contribution in [2.24, 2.45) is 56.7 Å². The van der Waals surface area contributed by atoms with Crippen LogP contribution in [0.4, 0.5) is 0 Å². The molecule has 5 fully saturated rings. The van der Waals surface area contributed by atoms with E-state index in [2.05, 4.69) is 44.9 Å². The Morgan fingerprint density at radius 1 is 0.700 bits per heavy atom. The smallest absolute Gasteiger partial charge is 0.328 e. The summed E-state index contributed by atoms with van der Waals surface area (Å²) in [5, 5.41) is 5.98. The van der Waals surface area contributed by atoms with Gasteiger partial charge in [-0.1, -0.05) is 32.9 Å². The van der Waals surface area contributed by atoms with Crippen molar-refractivity contribution >= 4 is 29.7 Å². The highest BCUT2D eigenvalue weighted by molar-refractivity contribution is 5.89. The molecule has 5 aliphatic carbocycles. The van der Waals surface area contributed by atoms with Crippen molar-refractivity contribution in [2.75, 3.05) is 14.2 Å². The third-order valence-electron chi connectivity index (χ3n) is 15.7. The topological polar surface area (TPSA) is 137 Å². The first-order valence-electron chi connectivity index (χ1n) is 18.9. The van der Waals surface area contributed by atoms with Crippen LogP contribution in [0.25, 0.3) is 0 Å². The summed E-state index contributed by atoms with van der Waals surface area (Å²) in [6.45, 7) is 20.5. The number of nitrogens with one attached hydrogen (secondary N) is 2. The maximum atomic E-state index is 14.3. The van der Waals surface area contributed by atoms with Gasteiger partial charge >= 0.3 is 17.9 Å². The first-order chi connectivity index (χ1) is 23.3. The summed E-state index contributed by atoms with van der Waals surface area (Å²) < 4.78 is 15.8. The highest BCUT2D eigenvalue weighted by atomic mass is 16.5. The van der Waals surface area contributed by atoms with Gasteiger partial charge in [-0.2, -0.15) is 0 Å². The number of allylic oxidation sites excluding steroid dienone is 1. The summed E-state index contributed by atoms with van der Waals surface area (Å²) in [7, 11) is 2.65. The predicted octanol–water partition coefficient (Wildman–Crippen LogP) is 5.91. The molecule has 0 bridgehead atoms. The molecule has 0 aromatic heterocycles. The number of ether oxygens (including phenoxy) is 3. The molecule has 0 saturated heterocycles. The van der Waals surface area contributed by atoms with Gasteiger partial charge in [0.15, 0.2) is 0 Å².